The van der Waals surface area contributed by atoms with Crippen molar-refractivity contribution in [1.82, 2.24) is 15.2 Å². The second-order valence-corrected chi connectivity index (χ2v) is 11.3. The summed E-state index contributed by atoms with van der Waals surface area (Å²) in [5, 5.41) is 5.33. The number of halogens is 3. The lowest BCUT2D eigenvalue weighted by Gasteiger charge is -2.31. The zero-order valence-electron chi connectivity index (χ0n) is 27.0. The Morgan fingerprint density at radius 2 is 1.40 bits per heavy atom. The minimum Gasteiger partial charge on any atom is -0.463 e. The Labute approximate surface area is 283 Å². The van der Waals surface area contributed by atoms with Gasteiger partial charge >= 0.3 is 17.9 Å². The molecule has 2 N–H and O–H groups in total. The number of hydrogen-bond donors (Lipinski definition) is 2. The van der Waals surface area contributed by atoms with E-state index in [1.807, 2.05) is 0 Å². The van der Waals surface area contributed by atoms with Crippen LogP contribution in [0.2, 0.25) is 0 Å². The molecule has 0 aliphatic carbocycles. The fourth-order valence-electron chi connectivity index (χ4n) is 5.58. The molecule has 0 aliphatic heterocycles. The zero-order chi connectivity index (χ0) is 36.1. The first-order valence-electron chi connectivity index (χ1n) is 15.6. The Bertz CT molecular complexity index is 2090. The molecular formula is C37H32F3N3O7. The van der Waals surface area contributed by atoms with Crippen molar-refractivity contribution in [2.75, 3.05) is 19.7 Å². The number of hydrogen-bond acceptors (Lipinski definition) is 7. The maximum absolute atomic E-state index is 13.7. The van der Waals surface area contributed by atoms with Crippen molar-refractivity contribution in [2.24, 2.45) is 0 Å². The molecule has 5 rings (SSSR count). The van der Waals surface area contributed by atoms with Gasteiger partial charge in [-0.1, -0.05) is 66.7 Å². The summed E-state index contributed by atoms with van der Waals surface area (Å²) in [5.74, 6) is -3.84. The van der Waals surface area contributed by atoms with Gasteiger partial charge in [-0.2, -0.15) is 13.2 Å². The standard InChI is InChI=1S/C37H32F3N3O7/c1-3-41-33(46)36(34(47)42-4-2,25-10-6-5-7-11-25)22-49-31(44)21-23-14-19-29-30(20-23)50-35(48)43(29)32(45)28-13-9-8-12-27(28)24-15-17-26(18-16-24)37(38,39)40/h5-20H,3-4,21-22H2,1-2H3,(H,41,46)(H,42,47). The van der Waals surface area contributed by atoms with Crippen molar-refractivity contribution in [1.29, 1.82) is 0 Å². The maximum Gasteiger partial charge on any atom is 0.427 e. The number of alkyl halides is 3. The molecule has 0 saturated heterocycles. The first kappa shape index (κ1) is 35.3. The highest BCUT2D eigenvalue weighted by Crippen LogP contribution is 2.32. The summed E-state index contributed by atoms with van der Waals surface area (Å²) < 4.78 is 51.0. The lowest BCUT2D eigenvalue weighted by atomic mass is 9.79. The van der Waals surface area contributed by atoms with E-state index in [9.17, 15) is 37.1 Å². The summed E-state index contributed by atoms with van der Waals surface area (Å²) in [6.45, 7) is 3.27. The van der Waals surface area contributed by atoms with Gasteiger partial charge in [-0.3, -0.25) is 19.2 Å². The van der Waals surface area contributed by atoms with E-state index in [4.69, 9.17) is 9.15 Å². The maximum atomic E-state index is 13.7. The monoisotopic (exact) mass is 687 g/mol. The molecule has 4 aromatic carbocycles. The normalized spacial score (nSPS) is 11.6. The molecule has 0 radical (unpaired) electrons. The topological polar surface area (TPSA) is 137 Å². The molecule has 0 atom stereocenters. The third-order valence-corrected chi connectivity index (χ3v) is 8.04. The molecule has 0 aliphatic rings. The Hall–Kier alpha value is -5.98. The van der Waals surface area contributed by atoms with E-state index in [0.29, 0.717) is 22.3 Å². The summed E-state index contributed by atoms with van der Waals surface area (Å²) in [7, 11) is 0. The van der Waals surface area contributed by atoms with E-state index >= 15 is 0 Å². The number of carbonyl (C=O) groups excluding carboxylic acids is 4. The fourth-order valence-corrected chi connectivity index (χ4v) is 5.58. The number of nitrogens with zero attached hydrogens (tertiary/aromatic N) is 1. The Morgan fingerprint density at radius 3 is 2.02 bits per heavy atom. The molecule has 0 saturated carbocycles. The molecule has 0 fully saturated rings. The molecule has 1 heterocycles. The van der Waals surface area contributed by atoms with E-state index < -0.39 is 53.2 Å². The predicted molar refractivity (Wildman–Crippen MR) is 177 cm³/mol. The molecule has 2 amide bonds. The first-order valence-corrected chi connectivity index (χ1v) is 15.6. The number of nitrogens with one attached hydrogen (secondary N) is 2. The Balaban J connectivity index is 1.39. The SMILES string of the molecule is CCNC(=O)C(COC(=O)Cc1ccc2c(c1)oc(=O)n2C(=O)c1ccccc1-c1ccc(C(F)(F)F)cc1)(C(=O)NCC)c1ccccc1. The minimum atomic E-state index is -4.53. The van der Waals surface area contributed by atoms with Crippen LogP contribution in [0.1, 0.15) is 40.9 Å². The highest BCUT2D eigenvalue weighted by atomic mass is 19.4. The molecule has 0 spiro atoms. The average molecular weight is 688 g/mol. The van der Waals surface area contributed by atoms with Crippen LogP contribution in [-0.4, -0.2) is 48.0 Å². The van der Waals surface area contributed by atoms with Gasteiger partial charge in [0.15, 0.2) is 11.0 Å². The molecule has 5 aromatic rings. The van der Waals surface area contributed by atoms with Gasteiger partial charge in [-0.25, -0.2) is 9.36 Å². The summed E-state index contributed by atoms with van der Waals surface area (Å²) in [6.07, 6.45) is -4.86. The molecule has 258 valence electrons. The van der Waals surface area contributed by atoms with Crippen LogP contribution in [0.15, 0.2) is 106 Å². The van der Waals surface area contributed by atoms with Crippen LogP contribution in [0.25, 0.3) is 22.2 Å². The van der Waals surface area contributed by atoms with Crippen LogP contribution in [-0.2, 0) is 37.1 Å². The number of aromatic nitrogens is 1. The van der Waals surface area contributed by atoms with Gasteiger partial charge in [0.1, 0.15) is 6.61 Å². The summed E-state index contributed by atoms with van der Waals surface area (Å²) in [5.41, 5.74) is -1.27. The van der Waals surface area contributed by atoms with Crippen LogP contribution in [0.3, 0.4) is 0 Å². The molecular weight excluding hydrogens is 655 g/mol. The van der Waals surface area contributed by atoms with Crippen LogP contribution in [0, 0.1) is 0 Å². The highest BCUT2D eigenvalue weighted by Gasteiger charge is 2.48. The molecule has 10 nitrogen and oxygen atoms in total. The number of amides is 2. The average Bonchev–Trinajstić information content (AvgIpc) is 3.43. The summed E-state index contributed by atoms with van der Waals surface area (Å²) in [4.78, 5) is 66.5. The number of ether oxygens (including phenoxy) is 1. The highest BCUT2D eigenvalue weighted by molar-refractivity contribution is 6.11. The van der Waals surface area contributed by atoms with Gasteiger partial charge < -0.3 is 19.8 Å². The van der Waals surface area contributed by atoms with Crippen molar-refractivity contribution in [3.8, 4) is 11.1 Å². The van der Waals surface area contributed by atoms with Gasteiger partial charge in [-0.15, -0.1) is 0 Å². The van der Waals surface area contributed by atoms with Gasteiger partial charge in [-0.05, 0) is 66.4 Å². The van der Waals surface area contributed by atoms with Gasteiger partial charge in [0.2, 0.25) is 11.8 Å². The second kappa shape index (κ2) is 14.6. The van der Waals surface area contributed by atoms with E-state index in [2.05, 4.69) is 10.6 Å². The molecule has 0 bridgehead atoms. The summed E-state index contributed by atoms with van der Waals surface area (Å²) in [6, 6.07) is 23.0. The number of fused-ring (bicyclic) bond motifs is 1. The van der Waals surface area contributed by atoms with Gasteiger partial charge in [0.05, 0.1) is 17.5 Å². The molecule has 1 aromatic heterocycles. The second-order valence-electron chi connectivity index (χ2n) is 11.3. The van der Waals surface area contributed by atoms with E-state index in [0.717, 1.165) is 16.7 Å². The lowest BCUT2D eigenvalue weighted by Crippen LogP contribution is -2.57. The van der Waals surface area contributed by atoms with Crippen molar-refractivity contribution in [3.05, 3.63) is 130 Å². The van der Waals surface area contributed by atoms with Crippen molar-refractivity contribution < 1.29 is 41.5 Å². The van der Waals surface area contributed by atoms with Crippen LogP contribution >= 0.6 is 0 Å². The smallest absolute Gasteiger partial charge is 0.427 e. The number of likely N-dealkylation sites (N-methyl/N-ethyl adjacent to an activating group) is 2. The molecule has 50 heavy (non-hydrogen) atoms. The number of oxazole rings is 1. The van der Waals surface area contributed by atoms with Gasteiger partial charge in [0, 0.05) is 18.7 Å². The fraction of sp³-hybridized carbons (Fsp3) is 0.216. The predicted octanol–water partition coefficient (Wildman–Crippen LogP) is 5.26. The van der Waals surface area contributed by atoms with Crippen LogP contribution in [0.5, 0.6) is 0 Å². The van der Waals surface area contributed by atoms with Crippen LogP contribution < -0.4 is 16.4 Å². The minimum absolute atomic E-state index is 0.0102. The third-order valence-electron chi connectivity index (χ3n) is 8.04. The van der Waals surface area contributed by atoms with E-state index in [-0.39, 0.29) is 36.2 Å². The zero-order valence-corrected chi connectivity index (χ0v) is 27.0. The summed E-state index contributed by atoms with van der Waals surface area (Å²) >= 11 is 0. The van der Waals surface area contributed by atoms with Crippen LogP contribution in [0.4, 0.5) is 13.2 Å². The lowest BCUT2D eigenvalue weighted by molar-refractivity contribution is -0.150. The van der Waals surface area contributed by atoms with Crippen molar-refractivity contribution in [3.63, 3.8) is 0 Å². The molecule has 0 unspecified atom stereocenters. The Kier molecular flexibility index (Phi) is 10.3. The largest absolute Gasteiger partial charge is 0.463 e. The quantitative estimate of drug-likeness (QED) is 0.143. The number of esters is 1. The van der Waals surface area contributed by atoms with Crippen molar-refractivity contribution in [2.45, 2.75) is 31.9 Å². The van der Waals surface area contributed by atoms with Crippen molar-refractivity contribution >= 4 is 34.8 Å². The Morgan fingerprint density at radius 1 is 0.780 bits per heavy atom. The number of benzene rings is 4. The van der Waals surface area contributed by atoms with Gasteiger partial charge in [0.25, 0.3) is 5.91 Å². The van der Waals surface area contributed by atoms with E-state index in [1.165, 1.54) is 36.4 Å². The molecule has 13 heteroatoms. The third kappa shape index (κ3) is 7.07. The number of carbonyl (C=O) groups is 4. The number of rotatable bonds is 11. The van der Waals surface area contributed by atoms with E-state index in [1.54, 1.807) is 62.4 Å². The first-order chi connectivity index (χ1) is 23.9.